The fourth-order valence-electron chi connectivity index (χ4n) is 3.49. The molecule has 5 atom stereocenters. The summed E-state index contributed by atoms with van der Waals surface area (Å²) in [6.07, 6.45) is 1.44. The maximum atomic E-state index is 12.2. The summed E-state index contributed by atoms with van der Waals surface area (Å²) >= 11 is 7.66. The summed E-state index contributed by atoms with van der Waals surface area (Å²) in [5.74, 6) is -2.17. The third-order valence-corrected chi connectivity index (χ3v) is 6.88. The van der Waals surface area contributed by atoms with Crippen LogP contribution in [-0.2, 0) is 33.3 Å². The van der Waals surface area contributed by atoms with E-state index in [1.165, 1.54) is 43.4 Å². The van der Waals surface area contributed by atoms with Crippen LogP contribution in [0.5, 0.6) is 0 Å². The number of ether oxygens (including phenoxy) is 4. The lowest BCUT2D eigenvalue weighted by atomic mass is 9.96. The zero-order chi connectivity index (χ0) is 26.4. The maximum Gasteiger partial charge on any atom is 0.303 e. The second kappa shape index (κ2) is 12.7. The molecule has 0 radical (unpaired) electrons. The van der Waals surface area contributed by atoms with Crippen molar-refractivity contribution < 1.29 is 38.1 Å². The standard InChI is InChI=1S/C21H22Br2N4O8S/c1-10(28)32-9-17-19(33-11(2)29)18(27-8-15(25-26-27)16(31)5-22)20(34-12(3)30)21(35-17)36-14-4-13(23)6-24-7-14/h4,6-8,17-21H,5,9H2,1-3H3/t17-,18+,19+,20-,21?/m1/s1. The lowest BCUT2D eigenvalue weighted by Gasteiger charge is -2.44. The molecule has 0 amide bonds. The topological polar surface area (TPSA) is 149 Å². The van der Waals surface area contributed by atoms with E-state index in [9.17, 15) is 19.2 Å². The van der Waals surface area contributed by atoms with Crippen LogP contribution in [0.15, 0.2) is 34.0 Å². The van der Waals surface area contributed by atoms with E-state index in [0.29, 0.717) is 9.37 Å². The van der Waals surface area contributed by atoms with Crippen LogP contribution in [0.2, 0.25) is 0 Å². The number of halogens is 2. The van der Waals surface area contributed by atoms with E-state index >= 15 is 0 Å². The average Bonchev–Trinajstić information content (AvgIpc) is 3.28. The van der Waals surface area contributed by atoms with Crippen molar-refractivity contribution in [2.75, 3.05) is 11.9 Å². The highest BCUT2D eigenvalue weighted by Gasteiger charge is 2.52. The molecule has 2 aromatic rings. The second-order valence-corrected chi connectivity index (χ2v) is 10.2. The van der Waals surface area contributed by atoms with E-state index in [2.05, 4.69) is 47.2 Å². The Hall–Kier alpha value is -2.36. The summed E-state index contributed by atoms with van der Waals surface area (Å²) in [5, 5.41) is 7.99. The summed E-state index contributed by atoms with van der Waals surface area (Å²) in [6.45, 7) is 3.41. The Balaban J connectivity index is 2.10. The molecule has 194 valence electrons. The number of hydrogen-bond donors (Lipinski definition) is 0. The molecule has 36 heavy (non-hydrogen) atoms. The number of esters is 3. The molecule has 3 heterocycles. The predicted octanol–water partition coefficient (Wildman–Crippen LogP) is 2.50. The Morgan fingerprint density at radius 2 is 1.78 bits per heavy atom. The number of hydrogen-bond acceptors (Lipinski definition) is 12. The Bertz CT molecular complexity index is 1130. The van der Waals surface area contributed by atoms with Gasteiger partial charge in [-0.3, -0.25) is 24.2 Å². The lowest BCUT2D eigenvalue weighted by Crippen LogP contribution is -2.57. The number of Topliss-reactive ketones (excluding diaryl/α,β-unsaturated/α-hetero) is 1. The van der Waals surface area contributed by atoms with Gasteiger partial charge in [0.05, 0.1) is 11.5 Å². The molecule has 12 nitrogen and oxygen atoms in total. The molecule has 0 spiro atoms. The summed E-state index contributed by atoms with van der Waals surface area (Å²) < 4.78 is 24.6. The van der Waals surface area contributed by atoms with E-state index in [1.807, 2.05) is 0 Å². The molecule has 1 fully saturated rings. The zero-order valence-corrected chi connectivity index (χ0v) is 23.3. The predicted molar refractivity (Wildman–Crippen MR) is 131 cm³/mol. The fraction of sp³-hybridized carbons (Fsp3) is 0.476. The van der Waals surface area contributed by atoms with Gasteiger partial charge in [0, 0.05) is 42.5 Å². The quantitative estimate of drug-likeness (QED) is 0.170. The third kappa shape index (κ3) is 7.33. The van der Waals surface area contributed by atoms with Gasteiger partial charge in [-0.05, 0) is 22.0 Å². The normalized spacial score (nSPS) is 23.5. The summed E-state index contributed by atoms with van der Waals surface area (Å²) in [7, 11) is 0. The van der Waals surface area contributed by atoms with Gasteiger partial charge in [-0.2, -0.15) is 0 Å². The number of ketones is 1. The Morgan fingerprint density at radius 3 is 2.39 bits per heavy atom. The van der Waals surface area contributed by atoms with Gasteiger partial charge in [0.2, 0.25) is 0 Å². The molecule has 1 aliphatic heterocycles. The SMILES string of the molecule is CC(=O)OC[C@H]1OC(Sc2cncc(Br)c2)[C@H](OC(C)=O)[C@@H](n2cc(C(=O)CBr)nn2)[C@H]1OC(C)=O. The van der Waals surface area contributed by atoms with E-state index in [0.717, 1.165) is 0 Å². The molecule has 1 saturated heterocycles. The minimum atomic E-state index is -1.11. The van der Waals surface area contributed by atoms with E-state index in [4.69, 9.17) is 18.9 Å². The monoisotopic (exact) mass is 648 g/mol. The van der Waals surface area contributed by atoms with Gasteiger partial charge in [0.1, 0.15) is 29.9 Å². The van der Waals surface area contributed by atoms with Crippen molar-refractivity contribution in [1.82, 2.24) is 20.0 Å². The van der Waals surface area contributed by atoms with Crippen LogP contribution in [0.25, 0.3) is 0 Å². The third-order valence-electron chi connectivity index (χ3n) is 4.83. The van der Waals surface area contributed by atoms with Crippen LogP contribution in [0, 0.1) is 0 Å². The first-order chi connectivity index (χ1) is 17.1. The van der Waals surface area contributed by atoms with Gasteiger partial charge in [0.25, 0.3) is 0 Å². The largest absolute Gasteiger partial charge is 0.463 e. The lowest BCUT2D eigenvalue weighted by molar-refractivity contribution is -0.212. The molecule has 0 saturated carbocycles. The average molecular weight is 650 g/mol. The van der Waals surface area contributed by atoms with Crippen molar-refractivity contribution in [2.45, 2.75) is 55.5 Å². The van der Waals surface area contributed by atoms with E-state index in [1.54, 1.807) is 18.5 Å². The van der Waals surface area contributed by atoms with E-state index in [-0.39, 0.29) is 23.4 Å². The zero-order valence-electron chi connectivity index (χ0n) is 19.3. The molecule has 3 rings (SSSR count). The van der Waals surface area contributed by atoms with Crippen molar-refractivity contribution in [1.29, 1.82) is 0 Å². The molecule has 0 bridgehead atoms. The molecular weight excluding hydrogens is 628 g/mol. The Kier molecular flexibility index (Phi) is 9.99. The highest BCUT2D eigenvalue weighted by Crippen LogP contribution is 2.41. The maximum absolute atomic E-state index is 12.2. The van der Waals surface area contributed by atoms with Crippen molar-refractivity contribution in [2.24, 2.45) is 0 Å². The van der Waals surface area contributed by atoms with Gasteiger partial charge in [-0.25, -0.2) is 4.68 Å². The smallest absolute Gasteiger partial charge is 0.303 e. The first-order valence-corrected chi connectivity index (χ1v) is 13.3. The summed E-state index contributed by atoms with van der Waals surface area (Å²) in [4.78, 5) is 52.7. The second-order valence-electron chi connectivity index (χ2n) is 7.58. The van der Waals surface area contributed by atoms with Gasteiger partial charge in [-0.15, -0.1) is 5.10 Å². The van der Waals surface area contributed by atoms with Crippen LogP contribution in [0.3, 0.4) is 0 Å². The molecule has 0 N–H and O–H groups in total. The molecule has 2 aromatic heterocycles. The van der Waals surface area contributed by atoms with Gasteiger partial charge < -0.3 is 18.9 Å². The minimum absolute atomic E-state index is 0.0175. The number of carbonyl (C=O) groups excluding carboxylic acids is 4. The van der Waals surface area contributed by atoms with Gasteiger partial charge in [-0.1, -0.05) is 32.9 Å². The Morgan fingerprint density at radius 1 is 1.08 bits per heavy atom. The van der Waals surface area contributed by atoms with Crippen molar-refractivity contribution >= 4 is 67.3 Å². The molecule has 1 unspecified atom stereocenters. The molecule has 0 aliphatic carbocycles. The fourth-order valence-corrected chi connectivity index (χ4v) is 5.43. The van der Waals surface area contributed by atoms with Gasteiger partial charge >= 0.3 is 17.9 Å². The number of aromatic nitrogens is 4. The van der Waals surface area contributed by atoms with Crippen LogP contribution in [0.4, 0.5) is 0 Å². The first-order valence-electron chi connectivity index (χ1n) is 10.5. The molecule has 15 heteroatoms. The van der Waals surface area contributed by atoms with Crippen molar-refractivity contribution in [3.05, 3.63) is 34.8 Å². The molecule has 1 aliphatic rings. The number of nitrogens with zero attached hydrogens (tertiary/aromatic N) is 4. The van der Waals surface area contributed by atoms with Crippen molar-refractivity contribution in [3.63, 3.8) is 0 Å². The van der Waals surface area contributed by atoms with Crippen LogP contribution < -0.4 is 0 Å². The number of thioether (sulfide) groups is 1. The highest BCUT2D eigenvalue weighted by atomic mass is 79.9. The van der Waals surface area contributed by atoms with Crippen LogP contribution >= 0.6 is 43.6 Å². The van der Waals surface area contributed by atoms with Crippen LogP contribution in [-0.4, -0.2) is 79.4 Å². The first kappa shape index (κ1) is 28.2. The van der Waals surface area contributed by atoms with Crippen molar-refractivity contribution in [3.8, 4) is 0 Å². The molecular formula is C21H22Br2N4O8S. The number of carbonyl (C=O) groups is 4. The number of alkyl halides is 1. The van der Waals surface area contributed by atoms with Crippen LogP contribution in [0.1, 0.15) is 37.3 Å². The summed E-state index contributed by atoms with van der Waals surface area (Å²) in [6, 6.07) is 0.816. The molecule has 0 aromatic carbocycles. The highest BCUT2D eigenvalue weighted by molar-refractivity contribution is 9.10. The minimum Gasteiger partial charge on any atom is -0.463 e. The van der Waals surface area contributed by atoms with Gasteiger partial charge in [0.15, 0.2) is 18.0 Å². The number of rotatable bonds is 9. The number of pyridine rings is 1. The van der Waals surface area contributed by atoms with E-state index < -0.39 is 47.7 Å². The summed E-state index contributed by atoms with van der Waals surface area (Å²) in [5.41, 5.74) is -0.819. The Labute approximate surface area is 227 Å².